The molecule has 0 radical (unpaired) electrons. The van der Waals surface area contributed by atoms with Crippen molar-refractivity contribution in [1.82, 2.24) is 9.97 Å². The fourth-order valence-electron chi connectivity index (χ4n) is 5.44. The highest BCUT2D eigenvalue weighted by Crippen LogP contribution is 2.49. The van der Waals surface area contributed by atoms with Crippen LogP contribution in [0.4, 0.5) is 0 Å². The van der Waals surface area contributed by atoms with Crippen LogP contribution in [0.1, 0.15) is 0 Å². The van der Waals surface area contributed by atoms with Crippen LogP contribution in [0.25, 0.3) is 55.0 Å². The first kappa shape index (κ1) is 20.9. The Kier molecular flexibility index (Phi) is 4.49. The number of para-hydroxylation sites is 3. The summed E-state index contributed by atoms with van der Waals surface area (Å²) in [4.78, 5) is 9.63. The summed E-state index contributed by atoms with van der Waals surface area (Å²) in [6.07, 6.45) is 1.80. The Balaban J connectivity index is 1.28. The van der Waals surface area contributed by atoms with Crippen molar-refractivity contribution >= 4 is 32.3 Å². The predicted octanol–water partition coefficient (Wildman–Crippen LogP) is 9.17. The molecule has 0 unspecified atom stereocenters. The Morgan fingerprint density at radius 2 is 1.08 bits per heavy atom. The van der Waals surface area contributed by atoms with Crippen LogP contribution >= 0.6 is 0 Å². The average molecular weight is 489 g/mol. The molecular weight excluding hydrogens is 468 g/mol. The molecule has 0 N–H and O–H groups in total. The van der Waals surface area contributed by atoms with Crippen LogP contribution in [0.5, 0.6) is 23.0 Å². The summed E-state index contributed by atoms with van der Waals surface area (Å²) >= 11 is 0. The van der Waals surface area contributed by atoms with Gasteiger partial charge in [-0.05, 0) is 68.7 Å². The molecular formula is C34H20N2O2. The number of ether oxygens (including phenoxy) is 2. The number of hydrogen-bond donors (Lipinski definition) is 0. The van der Waals surface area contributed by atoms with Crippen molar-refractivity contribution in [2.24, 2.45) is 0 Å². The van der Waals surface area contributed by atoms with E-state index < -0.39 is 0 Å². The van der Waals surface area contributed by atoms with Crippen LogP contribution in [0.15, 0.2) is 121 Å². The summed E-state index contributed by atoms with van der Waals surface area (Å²) in [6, 6.07) is 39.1. The van der Waals surface area contributed by atoms with Gasteiger partial charge < -0.3 is 9.47 Å². The first-order chi connectivity index (χ1) is 18.8. The Morgan fingerprint density at radius 3 is 1.82 bits per heavy atom. The van der Waals surface area contributed by atoms with Gasteiger partial charge >= 0.3 is 0 Å². The smallest absolute Gasteiger partial charge is 0.179 e. The first-order valence-corrected chi connectivity index (χ1v) is 12.6. The summed E-state index contributed by atoms with van der Waals surface area (Å²) in [5, 5.41) is 7.39. The lowest BCUT2D eigenvalue weighted by Crippen LogP contribution is -2.01. The summed E-state index contributed by atoms with van der Waals surface area (Å²) in [7, 11) is 0. The van der Waals surface area contributed by atoms with Gasteiger partial charge in [-0.2, -0.15) is 0 Å². The Bertz CT molecular complexity index is 2010. The first-order valence-electron chi connectivity index (χ1n) is 12.6. The third-order valence-electron chi connectivity index (χ3n) is 7.19. The summed E-state index contributed by atoms with van der Waals surface area (Å²) < 4.78 is 12.4. The van der Waals surface area contributed by atoms with Gasteiger partial charge in [0.2, 0.25) is 0 Å². The maximum absolute atomic E-state index is 6.27. The van der Waals surface area contributed by atoms with E-state index in [1.54, 1.807) is 6.20 Å². The summed E-state index contributed by atoms with van der Waals surface area (Å²) in [5.41, 5.74) is 2.60. The van der Waals surface area contributed by atoms with E-state index >= 15 is 0 Å². The lowest BCUT2D eigenvalue weighted by molar-refractivity contribution is 0.360. The number of fused-ring (bicyclic) bond motifs is 8. The molecule has 0 amide bonds. The molecule has 0 spiro atoms. The molecule has 1 aliphatic heterocycles. The monoisotopic (exact) mass is 488 g/mol. The van der Waals surface area contributed by atoms with Crippen molar-refractivity contribution in [3.05, 3.63) is 121 Å². The van der Waals surface area contributed by atoms with Crippen LogP contribution in [-0.4, -0.2) is 9.97 Å². The quantitative estimate of drug-likeness (QED) is 0.228. The molecule has 8 rings (SSSR count). The molecule has 0 saturated carbocycles. The minimum Gasteiger partial charge on any atom is -0.449 e. The second-order valence-corrected chi connectivity index (χ2v) is 9.40. The molecule has 6 aromatic carbocycles. The van der Waals surface area contributed by atoms with Crippen molar-refractivity contribution in [1.29, 1.82) is 0 Å². The molecule has 38 heavy (non-hydrogen) atoms. The molecule has 4 heteroatoms. The average Bonchev–Trinajstić information content (AvgIpc) is 2.99. The van der Waals surface area contributed by atoms with Crippen molar-refractivity contribution < 1.29 is 9.47 Å². The second-order valence-electron chi connectivity index (χ2n) is 9.40. The number of benzene rings is 6. The van der Waals surface area contributed by atoms with Crippen LogP contribution < -0.4 is 9.47 Å². The van der Waals surface area contributed by atoms with E-state index in [2.05, 4.69) is 71.7 Å². The van der Waals surface area contributed by atoms with E-state index in [1.165, 1.54) is 32.3 Å². The maximum Gasteiger partial charge on any atom is 0.179 e. The lowest BCUT2D eigenvalue weighted by Gasteiger charge is -2.22. The molecule has 0 bridgehead atoms. The fourth-order valence-corrected chi connectivity index (χ4v) is 5.44. The zero-order chi connectivity index (χ0) is 25.1. The third kappa shape index (κ3) is 3.17. The highest BCUT2D eigenvalue weighted by molar-refractivity contribution is 6.25. The van der Waals surface area contributed by atoms with Gasteiger partial charge in [0.1, 0.15) is 0 Å². The zero-order valence-electron chi connectivity index (χ0n) is 20.3. The van der Waals surface area contributed by atoms with Gasteiger partial charge in [0.25, 0.3) is 0 Å². The van der Waals surface area contributed by atoms with Gasteiger partial charge in [0, 0.05) is 17.3 Å². The van der Waals surface area contributed by atoms with Crippen molar-refractivity contribution in [3.8, 4) is 45.6 Å². The SMILES string of the molecule is c1ccc2c(c1)Oc1cccc(-c3ccnc(-c4ccc5c6ccccc6c6ccccc6c5c4)n3)c1O2. The van der Waals surface area contributed by atoms with E-state index in [1.807, 2.05) is 48.5 Å². The van der Waals surface area contributed by atoms with E-state index in [4.69, 9.17) is 14.5 Å². The van der Waals surface area contributed by atoms with Gasteiger partial charge in [-0.15, -0.1) is 0 Å². The van der Waals surface area contributed by atoms with E-state index in [0.717, 1.165) is 16.8 Å². The highest BCUT2D eigenvalue weighted by Gasteiger charge is 2.22. The normalized spacial score (nSPS) is 12.1. The van der Waals surface area contributed by atoms with Crippen LogP contribution in [-0.2, 0) is 0 Å². The second kappa shape index (κ2) is 8.15. The summed E-state index contributed by atoms with van der Waals surface area (Å²) in [6.45, 7) is 0. The molecule has 1 aromatic heterocycles. The van der Waals surface area contributed by atoms with Crippen LogP contribution in [0, 0.1) is 0 Å². The van der Waals surface area contributed by atoms with Gasteiger partial charge in [-0.1, -0.05) is 78.9 Å². The number of nitrogens with zero attached hydrogens (tertiary/aromatic N) is 2. The van der Waals surface area contributed by atoms with Gasteiger partial charge in [0.15, 0.2) is 28.8 Å². The maximum atomic E-state index is 6.27. The Labute approximate surface area is 218 Å². The fraction of sp³-hybridized carbons (Fsp3) is 0. The predicted molar refractivity (Wildman–Crippen MR) is 152 cm³/mol. The molecule has 4 nitrogen and oxygen atoms in total. The van der Waals surface area contributed by atoms with Gasteiger partial charge in [-0.25, -0.2) is 9.97 Å². The summed E-state index contributed by atoms with van der Waals surface area (Å²) in [5.74, 6) is 3.39. The van der Waals surface area contributed by atoms with Crippen molar-refractivity contribution in [2.45, 2.75) is 0 Å². The van der Waals surface area contributed by atoms with E-state index in [9.17, 15) is 0 Å². The number of hydrogen-bond acceptors (Lipinski definition) is 4. The molecule has 7 aromatic rings. The molecule has 1 aliphatic rings. The van der Waals surface area contributed by atoms with E-state index in [0.29, 0.717) is 28.8 Å². The Hall–Kier alpha value is -5.22. The van der Waals surface area contributed by atoms with Crippen LogP contribution in [0.2, 0.25) is 0 Å². The molecule has 2 heterocycles. The minimum atomic E-state index is 0.659. The molecule has 0 saturated heterocycles. The van der Waals surface area contributed by atoms with Gasteiger partial charge in [-0.3, -0.25) is 0 Å². The van der Waals surface area contributed by atoms with Gasteiger partial charge in [0.05, 0.1) is 5.69 Å². The Morgan fingerprint density at radius 1 is 0.474 bits per heavy atom. The van der Waals surface area contributed by atoms with Crippen molar-refractivity contribution in [3.63, 3.8) is 0 Å². The zero-order valence-corrected chi connectivity index (χ0v) is 20.3. The van der Waals surface area contributed by atoms with Crippen LogP contribution in [0.3, 0.4) is 0 Å². The molecule has 0 atom stereocenters. The van der Waals surface area contributed by atoms with Crippen molar-refractivity contribution in [2.75, 3.05) is 0 Å². The third-order valence-corrected chi connectivity index (χ3v) is 7.19. The number of rotatable bonds is 2. The topological polar surface area (TPSA) is 44.2 Å². The largest absolute Gasteiger partial charge is 0.449 e. The number of aromatic nitrogens is 2. The molecule has 178 valence electrons. The standard InChI is InChI=1S/C34H20N2O2/c1-2-10-24-22(8-1)23-9-3-4-11-25(23)28-20-21(16-17-26(24)28)34-35-19-18-29(36-34)27-12-7-15-32-33(27)38-31-14-6-5-13-30(31)37-32/h1-20H. The lowest BCUT2D eigenvalue weighted by atomic mass is 9.93. The van der Waals surface area contributed by atoms with E-state index in [-0.39, 0.29) is 0 Å². The molecule has 0 fully saturated rings. The highest BCUT2D eigenvalue weighted by atomic mass is 16.6. The minimum absolute atomic E-state index is 0.659. The molecule has 0 aliphatic carbocycles.